The van der Waals surface area contributed by atoms with Crippen molar-refractivity contribution in [1.82, 2.24) is 4.98 Å². The van der Waals surface area contributed by atoms with Gasteiger partial charge < -0.3 is 4.98 Å². The first-order valence-corrected chi connectivity index (χ1v) is 7.50. The van der Waals surface area contributed by atoms with E-state index in [9.17, 15) is 20.2 Å². The van der Waals surface area contributed by atoms with Gasteiger partial charge in [0, 0.05) is 22.7 Å². The highest BCUT2D eigenvalue weighted by molar-refractivity contribution is 6.20. The molecular weight excluding hydrogens is 318 g/mol. The number of hydrogen-bond acceptors (Lipinski definition) is 4. The number of fused-ring (bicyclic) bond motifs is 1. The summed E-state index contributed by atoms with van der Waals surface area (Å²) in [4.78, 5) is 26.6. The normalized spacial score (nSPS) is 11.3. The van der Waals surface area contributed by atoms with Crippen molar-refractivity contribution in [2.24, 2.45) is 0 Å². The third-order valence-corrected chi connectivity index (χ3v) is 3.92. The van der Waals surface area contributed by atoms with Crippen LogP contribution in [0.5, 0.6) is 0 Å². The highest BCUT2D eigenvalue weighted by Crippen LogP contribution is 2.26. The first kappa shape index (κ1) is 16.1. The maximum absolute atomic E-state index is 12.9. The molecule has 0 unspecified atom stereocenters. The Morgan fingerprint density at radius 2 is 1.88 bits per heavy atom. The number of nitro benzene ring substituents is 1. The first-order chi connectivity index (χ1) is 12.0. The average molecular weight is 331 g/mol. The number of aryl methyl sites for hydroxylation is 1. The molecule has 6 heteroatoms. The highest BCUT2D eigenvalue weighted by Gasteiger charge is 2.21. The SMILES string of the molecule is Cc1[nH]c2ccccc2c1C(=O)/C(C#N)=C/c1ccccc1[N+](=O)[O-]. The largest absolute Gasteiger partial charge is 0.358 e. The van der Waals surface area contributed by atoms with Crippen molar-refractivity contribution >= 4 is 28.4 Å². The van der Waals surface area contributed by atoms with E-state index in [-0.39, 0.29) is 16.8 Å². The number of aromatic amines is 1. The van der Waals surface area contributed by atoms with Gasteiger partial charge in [0.15, 0.2) is 0 Å². The van der Waals surface area contributed by atoms with E-state index in [1.807, 2.05) is 24.3 Å². The van der Waals surface area contributed by atoms with Gasteiger partial charge in [0.25, 0.3) is 5.69 Å². The van der Waals surface area contributed by atoms with Gasteiger partial charge in [-0.2, -0.15) is 5.26 Å². The Kier molecular flexibility index (Phi) is 4.14. The molecule has 3 aromatic rings. The van der Waals surface area contributed by atoms with Crippen LogP contribution in [0.3, 0.4) is 0 Å². The Labute approximate surface area is 143 Å². The quantitative estimate of drug-likeness (QED) is 0.255. The van der Waals surface area contributed by atoms with Crippen molar-refractivity contribution in [3.8, 4) is 6.07 Å². The minimum atomic E-state index is -0.539. The molecule has 0 aliphatic heterocycles. The third-order valence-electron chi connectivity index (χ3n) is 3.92. The van der Waals surface area contributed by atoms with Gasteiger partial charge in [-0.1, -0.05) is 30.3 Å². The molecule has 0 aliphatic carbocycles. The Balaban J connectivity index is 2.13. The number of Topliss-reactive ketones (excluding diaryl/α,β-unsaturated/α-hetero) is 1. The number of carbonyl (C=O) groups excluding carboxylic acids is 1. The van der Waals surface area contributed by atoms with E-state index in [4.69, 9.17) is 0 Å². The van der Waals surface area contributed by atoms with Crippen LogP contribution >= 0.6 is 0 Å². The van der Waals surface area contributed by atoms with E-state index in [1.165, 1.54) is 24.3 Å². The molecule has 0 radical (unpaired) electrons. The smallest absolute Gasteiger partial charge is 0.276 e. The summed E-state index contributed by atoms with van der Waals surface area (Å²) in [6.07, 6.45) is 1.27. The molecule has 2 aromatic carbocycles. The lowest BCUT2D eigenvalue weighted by Gasteiger charge is -2.01. The molecule has 25 heavy (non-hydrogen) atoms. The van der Waals surface area contributed by atoms with E-state index < -0.39 is 10.7 Å². The maximum atomic E-state index is 12.9. The molecule has 0 spiro atoms. The number of nitriles is 1. The van der Waals surface area contributed by atoms with Crippen LogP contribution < -0.4 is 0 Å². The monoisotopic (exact) mass is 331 g/mol. The molecule has 0 fully saturated rings. The molecule has 0 atom stereocenters. The van der Waals surface area contributed by atoms with Gasteiger partial charge in [0.1, 0.15) is 11.6 Å². The fourth-order valence-corrected chi connectivity index (χ4v) is 2.78. The number of nitrogens with zero attached hydrogens (tertiary/aromatic N) is 2. The summed E-state index contributed by atoms with van der Waals surface area (Å²) >= 11 is 0. The fraction of sp³-hybridized carbons (Fsp3) is 0.0526. The van der Waals surface area contributed by atoms with Crippen LogP contribution in [-0.2, 0) is 0 Å². The van der Waals surface area contributed by atoms with Gasteiger partial charge in [0.2, 0.25) is 5.78 Å². The molecular formula is C19H13N3O3. The predicted molar refractivity (Wildman–Crippen MR) is 94.1 cm³/mol. The summed E-state index contributed by atoms with van der Waals surface area (Å²) in [5.74, 6) is -0.462. The minimum Gasteiger partial charge on any atom is -0.358 e. The Morgan fingerprint density at radius 1 is 1.20 bits per heavy atom. The van der Waals surface area contributed by atoms with Crippen molar-refractivity contribution < 1.29 is 9.72 Å². The summed E-state index contributed by atoms with van der Waals surface area (Å²) in [6, 6.07) is 15.2. The number of nitro groups is 1. The maximum Gasteiger partial charge on any atom is 0.276 e. The molecule has 1 N–H and O–H groups in total. The summed E-state index contributed by atoms with van der Waals surface area (Å²) in [6.45, 7) is 1.76. The van der Waals surface area contributed by atoms with Crippen LogP contribution in [0.15, 0.2) is 54.1 Å². The van der Waals surface area contributed by atoms with Gasteiger partial charge in [-0.25, -0.2) is 0 Å². The standard InChI is InChI=1S/C19H13N3O3/c1-12-18(15-7-3-4-8-16(15)21-12)19(23)14(11-20)10-13-6-2-5-9-17(13)22(24)25/h2-10,21H,1H3/b14-10+. The van der Waals surface area contributed by atoms with E-state index in [0.717, 1.165) is 5.52 Å². The number of ketones is 1. The second-order valence-corrected chi connectivity index (χ2v) is 5.49. The molecule has 0 saturated heterocycles. The summed E-state index contributed by atoms with van der Waals surface area (Å²) < 4.78 is 0. The molecule has 0 aliphatic rings. The third kappa shape index (κ3) is 2.91. The van der Waals surface area contributed by atoms with Gasteiger partial charge in [-0.3, -0.25) is 14.9 Å². The summed E-state index contributed by atoms with van der Waals surface area (Å²) in [5, 5.41) is 21.3. The number of para-hydroxylation sites is 2. The lowest BCUT2D eigenvalue weighted by Crippen LogP contribution is -2.03. The second-order valence-electron chi connectivity index (χ2n) is 5.49. The van der Waals surface area contributed by atoms with Crippen molar-refractivity contribution in [2.45, 2.75) is 6.92 Å². The van der Waals surface area contributed by atoms with Crippen molar-refractivity contribution in [2.75, 3.05) is 0 Å². The number of allylic oxidation sites excluding steroid dienone is 1. The van der Waals surface area contributed by atoms with Crippen LogP contribution in [0, 0.1) is 28.4 Å². The molecule has 0 amide bonds. The fourth-order valence-electron chi connectivity index (χ4n) is 2.78. The van der Waals surface area contributed by atoms with Crippen LogP contribution in [-0.4, -0.2) is 15.7 Å². The number of rotatable bonds is 4. The molecule has 1 heterocycles. The number of H-pyrrole nitrogens is 1. The van der Waals surface area contributed by atoms with Crippen LogP contribution in [0.25, 0.3) is 17.0 Å². The number of benzene rings is 2. The van der Waals surface area contributed by atoms with Crippen LogP contribution in [0.2, 0.25) is 0 Å². The van der Waals surface area contributed by atoms with Crippen molar-refractivity contribution in [3.05, 3.63) is 81.0 Å². The van der Waals surface area contributed by atoms with Gasteiger partial charge in [-0.05, 0) is 25.1 Å². The van der Waals surface area contributed by atoms with E-state index >= 15 is 0 Å². The lowest BCUT2D eigenvalue weighted by molar-refractivity contribution is -0.385. The summed E-state index contributed by atoms with van der Waals surface area (Å²) in [5.41, 5.74) is 1.76. The molecule has 3 rings (SSSR count). The molecule has 0 bridgehead atoms. The van der Waals surface area contributed by atoms with E-state index in [2.05, 4.69) is 4.98 Å². The zero-order valence-corrected chi connectivity index (χ0v) is 13.3. The van der Waals surface area contributed by atoms with Crippen molar-refractivity contribution in [3.63, 3.8) is 0 Å². The van der Waals surface area contributed by atoms with Gasteiger partial charge in [-0.15, -0.1) is 0 Å². The zero-order valence-electron chi connectivity index (χ0n) is 13.3. The topological polar surface area (TPSA) is 99.8 Å². The van der Waals surface area contributed by atoms with Crippen LogP contribution in [0.4, 0.5) is 5.69 Å². The van der Waals surface area contributed by atoms with Crippen LogP contribution in [0.1, 0.15) is 21.6 Å². The Morgan fingerprint density at radius 3 is 2.60 bits per heavy atom. The number of aromatic nitrogens is 1. The van der Waals surface area contributed by atoms with Gasteiger partial charge >= 0.3 is 0 Å². The van der Waals surface area contributed by atoms with E-state index in [0.29, 0.717) is 16.6 Å². The Hall–Kier alpha value is -3.72. The van der Waals surface area contributed by atoms with Gasteiger partial charge in [0.05, 0.1) is 16.1 Å². The highest BCUT2D eigenvalue weighted by atomic mass is 16.6. The molecule has 1 aromatic heterocycles. The van der Waals surface area contributed by atoms with E-state index in [1.54, 1.807) is 19.1 Å². The Bertz CT molecular complexity index is 1070. The van der Waals surface area contributed by atoms with Crippen molar-refractivity contribution in [1.29, 1.82) is 5.26 Å². The average Bonchev–Trinajstić information content (AvgIpc) is 2.95. The second kappa shape index (κ2) is 6.42. The summed E-state index contributed by atoms with van der Waals surface area (Å²) in [7, 11) is 0. The minimum absolute atomic E-state index is 0.151. The lowest BCUT2D eigenvalue weighted by atomic mass is 9.99. The number of nitrogens with one attached hydrogen (secondary N) is 1. The number of carbonyl (C=O) groups is 1. The number of hydrogen-bond donors (Lipinski definition) is 1. The molecule has 0 saturated carbocycles. The molecule has 122 valence electrons. The first-order valence-electron chi connectivity index (χ1n) is 7.50. The zero-order chi connectivity index (χ0) is 18.0. The molecule has 6 nitrogen and oxygen atoms in total. The predicted octanol–water partition coefficient (Wildman–Crippen LogP) is 4.17.